The van der Waals surface area contributed by atoms with Crippen molar-refractivity contribution in [1.82, 2.24) is 15.0 Å². The molecule has 248 valence electrons. The van der Waals surface area contributed by atoms with E-state index < -0.39 is 0 Å². The van der Waals surface area contributed by atoms with E-state index in [1.165, 1.54) is 0 Å². The third-order valence-electron chi connectivity index (χ3n) is 9.95. The van der Waals surface area contributed by atoms with E-state index in [0.29, 0.717) is 17.5 Å². The quantitative estimate of drug-likeness (QED) is 0.189. The van der Waals surface area contributed by atoms with E-state index in [-0.39, 0.29) is 11.4 Å². The van der Waals surface area contributed by atoms with Crippen molar-refractivity contribution in [3.63, 3.8) is 0 Å². The predicted octanol–water partition coefficient (Wildman–Crippen LogP) is 11.7. The Kier molecular flexibility index (Phi) is 7.01. The standard InChI is InChI=1S/C47H29N5O/c48-39-23-22-31-20-18-30-19-21-32(27-38(30)42(31)44(39)49)45-50-46(52-47(51-45)37-15-9-17-41-43(37)36-14-7-8-16-40(36)53-41)35-25-33(28-10-3-1-4-11-28)24-34(26-35)29-12-5-2-6-13-29/h1-27,48-49H. The van der Waals surface area contributed by atoms with Crippen LogP contribution in [-0.2, 0) is 0 Å². The fourth-order valence-electron chi connectivity index (χ4n) is 7.35. The lowest BCUT2D eigenvalue weighted by atomic mass is 9.88. The van der Waals surface area contributed by atoms with Crippen molar-refractivity contribution in [3.05, 3.63) is 169 Å². The Morgan fingerprint density at radius 2 is 1.06 bits per heavy atom. The molecule has 7 aromatic carbocycles. The molecule has 0 fully saturated rings. The minimum Gasteiger partial charge on any atom is -0.456 e. The van der Waals surface area contributed by atoms with Gasteiger partial charge in [0.25, 0.3) is 0 Å². The van der Waals surface area contributed by atoms with Crippen LogP contribution in [0.2, 0.25) is 0 Å². The molecule has 1 aliphatic carbocycles. The number of furan rings is 1. The number of para-hydroxylation sites is 1. The Morgan fingerprint density at radius 3 is 1.81 bits per heavy atom. The van der Waals surface area contributed by atoms with Crippen molar-refractivity contribution in [1.29, 1.82) is 10.8 Å². The molecule has 0 amide bonds. The van der Waals surface area contributed by atoms with Gasteiger partial charge < -0.3 is 4.42 Å². The lowest BCUT2D eigenvalue weighted by Gasteiger charge is -2.16. The number of hydrogen-bond acceptors (Lipinski definition) is 6. The Labute approximate surface area is 304 Å². The van der Waals surface area contributed by atoms with Crippen LogP contribution in [0.25, 0.3) is 95.2 Å². The number of benzene rings is 7. The third-order valence-corrected chi connectivity index (χ3v) is 9.95. The summed E-state index contributed by atoms with van der Waals surface area (Å²) in [6.45, 7) is 0. The summed E-state index contributed by atoms with van der Waals surface area (Å²) in [5, 5.41) is 21.0. The Bertz CT molecular complexity index is 2920. The van der Waals surface area contributed by atoms with Crippen LogP contribution >= 0.6 is 0 Å². The highest BCUT2D eigenvalue weighted by atomic mass is 16.3. The van der Waals surface area contributed by atoms with E-state index >= 15 is 0 Å². The van der Waals surface area contributed by atoms with Crippen molar-refractivity contribution in [2.75, 3.05) is 0 Å². The second-order valence-electron chi connectivity index (χ2n) is 13.2. The molecule has 6 heteroatoms. The molecule has 0 saturated heterocycles. The smallest absolute Gasteiger partial charge is 0.164 e. The van der Waals surface area contributed by atoms with Crippen LogP contribution in [0, 0.1) is 10.8 Å². The van der Waals surface area contributed by atoms with E-state index in [0.717, 1.165) is 82.8 Å². The normalized spacial score (nSPS) is 12.5. The van der Waals surface area contributed by atoms with Gasteiger partial charge in [-0.3, -0.25) is 10.8 Å². The molecule has 2 aromatic heterocycles. The van der Waals surface area contributed by atoms with Crippen LogP contribution in [0.4, 0.5) is 0 Å². The summed E-state index contributed by atoms with van der Waals surface area (Å²) in [5.74, 6) is 1.58. The van der Waals surface area contributed by atoms with Crippen molar-refractivity contribution in [2.45, 2.75) is 0 Å². The van der Waals surface area contributed by atoms with Gasteiger partial charge in [-0.1, -0.05) is 121 Å². The van der Waals surface area contributed by atoms with Gasteiger partial charge in [-0.2, -0.15) is 0 Å². The van der Waals surface area contributed by atoms with Crippen LogP contribution in [0.1, 0.15) is 11.1 Å². The van der Waals surface area contributed by atoms with Gasteiger partial charge in [0.15, 0.2) is 17.5 Å². The average molecular weight is 680 g/mol. The Morgan fingerprint density at radius 1 is 0.434 bits per heavy atom. The van der Waals surface area contributed by atoms with E-state index in [4.69, 9.17) is 30.2 Å². The fourth-order valence-corrected chi connectivity index (χ4v) is 7.35. The maximum Gasteiger partial charge on any atom is 0.164 e. The minimum absolute atomic E-state index is 0.188. The third kappa shape index (κ3) is 5.24. The van der Waals surface area contributed by atoms with Crippen LogP contribution < -0.4 is 0 Å². The topological polar surface area (TPSA) is 99.5 Å². The van der Waals surface area contributed by atoms with E-state index in [2.05, 4.69) is 78.9 Å². The van der Waals surface area contributed by atoms with Gasteiger partial charge in [-0.05, 0) is 81.1 Å². The molecule has 0 atom stereocenters. The molecular weight excluding hydrogens is 651 g/mol. The monoisotopic (exact) mass is 679 g/mol. The first kappa shape index (κ1) is 30.5. The highest BCUT2D eigenvalue weighted by Crippen LogP contribution is 2.38. The molecule has 1 aliphatic rings. The summed E-state index contributed by atoms with van der Waals surface area (Å²) < 4.78 is 6.28. The maximum absolute atomic E-state index is 8.81. The van der Waals surface area contributed by atoms with Crippen LogP contribution in [0.5, 0.6) is 0 Å². The number of nitrogens with zero attached hydrogens (tertiary/aromatic N) is 3. The fraction of sp³-hybridized carbons (Fsp3) is 0. The molecule has 53 heavy (non-hydrogen) atoms. The molecule has 0 saturated carbocycles. The average Bonchev–Trinajstić information content (AvgIpc) is 3.61. The van der Waals surface area contributed by atoms with E-state index in [1.54, 1.807) is 6.08 Å². The van der Waals surface area contributed by atoms with Gasteiger partial charge in [0.1, 0.15) is 11.2 Å². The van der Waals surface area contributed by atoms with Crippen LogP contribution in [0.3, 0.4) is 0 Å². The van der Waals surface area contributed by atoms with E-state index in [9.17, 15) is 0 Å². The molecule has 2 N–H and O–H groups in total. The summed E-state index contributed by atoms with van der Waals surface area (Å²) in [6, 6.07) is 51.4. The number of aromatic nitrogens is 3. The van der Waals surface area contributed by atoms with Crippen molar-refractivity contribution in [2.24, 2.45) is 0 Å². The molecule has 9 aromatic rings. The van der Waals surface area contributed by atoms with Gasteiger partial charge in [0.2, 0.25) is 0 Å². The summed E-state index contributed by atoms with van der Waals surface area (Å²) in [7, 11) is 0. The predicted molar refractivity (Wildman–Crippen MR) is 215 cm³/mol. The molecular formula is C47H29N5O. The first-order valence-electron chi connectivity index (χ1n) is 17.4. The first-order valence-corrected chi connectivity index (χ1v) is 17.4. The molecule has 0 spiro atoms. The Hall–Kier alpha value is -7.31. The lowest BCUT2D eigenvalue weighted by molar-refractivity contribution is 0.669. The molecule has 6 nitrogen and oxygen atoms in total. The van der Waals surface area contributed by atoms with E-state index in [1.807, 2.05) is 78.9 Å². The lowest BCUT2D eigenvalue weighted by Crippen LogP contribution is -2.16. The molecule has 10 rings (SSSR count). The van der Waals surface area contributed by atoms with Crippen LogP contribution in [-0.4, -0.2) is 26.4 Å². The molecule has 0 aliphatic heterocycles. The number of rotatable bonds is 5. The molecule has 2 heterocycles. The zero-order valence-corrected chi connectivity index (χ0v) is 28.3. The number of fused-ring (bicyclic) bond motifs is 6. The first-order chi connectivity index (χ1) is 26.1. The minimum atomic E-state index is 0.188. The zero-order valence-electron chi connectivity index (χ0n) is 28.3. The van der Waals surface area contributed by atoms with Crippen molar-refractivity contribution < 1.29 is 4.42 Å². The number of hydrogen-bond donors (Lipinski definition) is 2. The van der Waals surface area contributed by atoms with Gasteiger partial charge in [-0.15, -0.1) is 0 Å². The van der Waals surface area contributed by atoms with Gasteiger partial charge in [-0.25, -0.2) is 15.0 Å². The molecule has 0 unspecified atom stereocenters. The van der Waals surface area contributed by atoms with Crippen molar-refractivity contribution >= 4 is 50.2 Å². The van der Waals surface area contributed by atoms with Gasteiger partial charge in [0.05, 0.1) is 11.4 Å². The van der Waals surface area contributed by atoms with Gasteiger partial charge >= 0.3 is 0 Å². The summed E-state index contributed by atoms with van der Waals surface area (Å²) >= 11 is 0. The van der Waals surface area contributed by atoms with Gasteiger partial charge in [0, 0.05) is 33.0 Å². The number of nitrogens with one attached hydrogen (secondary N) is 2. The van der Waals surface area contributed by atoms with Crippen LogP contribution in [0.15, 0.2) is 162 Å². The summed E-state index contributed by atoms with van der Waals surface area (Å²) in [4.78, 5) is 15.6. The summed E-state index contributed by atoms with van der Waals surface area (Å²) in [5.41, 5.74) is 10.4. The summed E-state index contributed by atoms with van der Waals surface area (Å²) in [6.07, 6.45) is 3.58. The highest BCUT2D eigenvalue weighted by molar-refractivity contribution is 6.53. The Balaban J connectivity index is 1.25. The second kappa shape index (κ2) is 12.2. The maximum atomic E-state index is 8.81. The number of allylic oxidation sites excluding steroid dienone is 1. The highest BCUT2D eigenvalue weighted by Gasteiger charge is 2.21. The zero-order chi connectivity index (χ0) is 35.5. The largest absolute Gasteiger partial charge is 0.456 e. The SMILES string of the molecule is N=C1C=Cc2ccc3ccc(-c4nc(-c5cc(-c6ccccc6)cc(-c6ccccc6)c5)nc(-c5cccc6oc7ccccc7c56)n4)cc3c2C1=N. The second-order valence-corrected chi connectivity index (χ2v) is 13.2. The molecule has 0 bridgehead atoms. The molecule has 0 radical (unpaired) electrons. The van der Waals surface area contributed by atoms with Crippen molar-refractivity contribution in [3.8, 4) is 56.4 Å².